The SMILES string of the molecule is c1ccc(-c2nc3cc4c(cc3o2)sc2cccc(-c3ccc(N(c5ccccc5)c5ccc(-c6cccc7ccccc67)cc5)c(-c5ccccc5)c3)c24)cc1. The van der Waals surface area contributed by atoms with E-state index in [0.717, 1.165) is 50.4 Å². The Labute approximate surface area is 334 Å². The van der Waals surface area contributed by atoms with E-state index in [2.05, 4.69) is 181 Å². The number of anilines is 3. The van der Waals surface area contributed by atoms with Gasteiger partial charge in [0.05, 0.1) is 5.69 Å². The molecule has 0 bridgehead atoms. The maximum atomic E-state index is 6.28. The van der Waals surface area contributed by atoms with E-state index >= 15 is 0 Å². The Morgan fingerprint density at radius 3 is 1.86 bits per heavy atom. The molecular formula is C53H34N2OS. The molecule has 0 unspecified atom stereocenters. The Morgan fingerprint density at radius 1 is 0.421 bits per heavy atom. The molecule has 11 aromatic rings. The molecule has 0 N–H and O–H groups in total. The first-order chi connectivity index (χ1) is 28.2. The maximum Gasteiger partial charge on any atom is 0.227 e. The Bertz CT molecular complexity index is 3220. The van der Waals surface area contributed by atoms with Gasteiger partial charge in [0.25, 0.3) is 0 Å². The summed E-state index contributed by atoms with van der Waals surface area (Å²) in [5.74, 6) is 0.641. The van der Waals surface area contributed by atoms with Crippen molar-refractivity contribution in [2.45, 2.75) is 0 Å². The molecule has 0 spiro atoms. The average Bonchev–Trinajstić information content (AvgIpc) is 3.87. The summed E-state index contributed by atoms with van der Waals surface area (Å²) < 4.78 is 8.70. The topological polar surface area (TPSA) is 29.3 Å². The van der Waals surface area contributed by atoms with E-state index in [0.29, 0.717) is 5.89 Å². The highest BCUT2D eigenvalue weighted by atomic mass is 32.1. The molecule has 0 radical (unpaired) electrons. The van der Waals surface area contributed by atoms with E-state index in [-0.39, 0.29) is 0 Å². The number of rotatable bonds is 7. The van der Waals surface area contributed by atoms with E-state index in [1.807, 2.05) is 30.3 Å². The molecule has 0 aliphatic carbocycles. The van der Waals surface area contributed by atoms with Gasteiger partial charge in [-0.2, -0.15) is 0 Å². The molecule has 0 saturated heterocycles. The molecule has 268 valence electrons. The van der Waals surface area contributed by atoms with Crippen molar-refractivity contribution in [1.29, 1.82) is 0 Å². The third-order valence-electron chi connectivity index (χ3n) is 10.9. The lowest BCUT2D eigenvalue weighted by atomic mass is 9.93. The molecule has 9 aromatic carbocycles. The van der Waals surface area contributed by atoms with Crippen molar-refractivity contribution < 1.29 is 4.42 Å². The highest BCUT2D eigenvalue weighted by Gasteiger charge is 2.21. The molecule has 11 rings (SSSR count). The van der Waals surface area contributed by atoms with Gasteiger partial charge in [-0.15, -0.1) is 11.3 Å². The van der Waals surface area contributed by atoms with E-state index in [4.69, 9.17) is 9.40 Å². The van der Waals surface area contributed by atoms with Gasteiger partial charge >= 0.3 is 0 Å². The first-order valence-corrected chi connectivity index (χ1v) is 20.0. The first-order valence-electron chi connectivity index (χ1n) is 19.2. The predicted molar refractivity (Wildman–Crippen MR) is 241 cm³/mol. The molecule has 0 aliphatic rings. The van der Waals surface area contributed by atoms with Crippen molar-refractivity contribution in [2.24, 2.45) is 0 Å². The number of para-hydroxylation sites is 1. The van der Waals surface area contributed by atoms with Crippen molar-refractivity contribution in [1.82, 2.24) is 4.98 Å². The van der Waals surface area contributed by atoms with Gasteiger partial charge in [0, 0.05) is 48.7 Å². The minimum absolute atomic E-state index is 0.641. The van der Waals surface area contributed by atoms with Crippen molar-refractivity contribution >= 4 is 70.4 Å². The van der Waals surface area contributed by atoms with Gasteiger partial charge < -0.3 is 9.32 Å². The summed E-state index contributed by atoms with van der Waals surface area (Å²) in [6.45, 7) is 0. The van der Waals surface area contributed by atoms with Gasteiger partial charge in [0.15, 0.2) is 5.58 Å². The number of benzene rings is 9. The van der Waals surface area contributed by atoms with E-state index in [9.17, 15) is 0 Å². The fourth-order valence-corrected chi connectivity index (χ4v) is 9.35. The molecular weight excluding hydrogens is 713 g/mol. The lowest BCUT2D eigenvalue weighted by molar-refractivity contribution is 0.620. The van der Waals surface area contributed by atoms with E-state index < -0.39 is 0 Å². The Kier molecular flexibility index (Phi) is 8.01. The molecule has 4 heteroatoms. The smallest absolute Gasteiger partial charge is 0.227 e. The van der Waals surface area contributed by atoms with E-state index in [1.54, 1.807) is 11.3 Å². The second-order valence-corrected chi connectivity index (χ2v) is 15.4. The van der Waals surface area contributed by atoms with Gasteiger partial charge in [-0.25, -0.2) is 4.98 Å². The van der Waals surface area contributed by atoms with Crippen LogP contribution in [0.15, 0.2) is 211 Å². The number of aromatic nitrogens is 1. The van der Waals surface area contributed by atoms with Crippen LogP contribution in [0.2, 0.25) is 0 Å². The molecule has 57 heavy (non-hydrogen) atoms. The fraction of sp³-hybridized carbons (Fsp3) is 0. The molecule has 0 fully saturated rings. The van der Waals surface area contributed by atoms with Crippen molar-refractivity contribution in [3.63, 3.8) is 0 Å². The number of thiophene rings is 1. The molecule has 2 heterocycles. The number of hydrogen-bond donors (Lipinski definition) is 0. The summed E-state index contributed by atoms with van der Waals surface area (Å²) in [7, 11) is 0. The molecule has 2 aromatic heterocycles. The molecule has 0 saturated carbocycles. The van der Waals surface area contributed by atoms with Gasteiger partial charge in [-0.05, 0) is 99.3 Å². The van der Waals surface area contributed by atoms with Crippen LogP contribution in [-0.2, 0) is 0 Å². The quantitative estimate of drug-likeness (QED) is 0.163. The number of oxazole rings is 1. The van der Waals surface area contributed by atoms with Crippen LogP contribution in [0, 0.1) is 0 Å². The standard InChI is InChI=1S/C53H34N2OS/c1-4-14-36(15-5-1)45-32-39(44-24-13-25-50-52(44)46-33-47-49(34-51(46)57-50)56-53(54-47)38-17-6-2-7-18-38)28-31-48(45)55(40-20-8-3-9-21-40)41-29-26-37(27-30-41)43-23-12-19-35-16-10-11-22-42(35)43/h1-34H. The van der Waals surface area contributed by atoms with Crippen molar-refractivity contribution in [3.05, 3.63) is 206 Å². The second kappa shape index (κ2) is 13.8. The van der Waals surface area contributed by atoms with Crippen LogP contribution in [0.4, 0.5) is 17.1 Å². The summed E-state index contributed by atoms with van der Waals surface area (Å²) in [5.41, 5.74) is 13.0. The summed E-state index contributed by atoms with van der Waals surface area (Å²) in [6.07, 6.45) is 0. The summed E-state index contributed by atoms with van der Waals surface area (Å²) in [6, 6.07) is 73.6. The number of fused-ring (bicyclic) bond motifs is 5. The minimum atomic E-state index is 0.641. The lowest BCUT2D eigenvalue weighted by Gasteiger charge is -2.28. The molecule has 3 nitrogen and oxygen atoms in total. The van der Waals surface area contributed by atoms with Crippen molar-refractivity contribution in [2.75, 3.05) is 4.90 Å². The van der Waals surface area contributed by atoms with E-state index in [1.165, 1.54) is 47.6 Å². The zero-order chi connectivity index (χ0) is 37.7. The molecule has 0 atom stereocenters. The fourth-order valence-electron chi connectivity index (χ4n) is 8.21. The Balaban J connectivity index is 1.07. The summed E-state index contributed by atoms with van der Waals surface area (Å²) >= 11 is 1.80. The zero-order valence-electron chi connectivity index (χ0n) is 30.8. The lowest BCUT2D eigenvalue weighted by Crippen LogP contribution is -2.11. The largest absolute Gasteiger partial charge is 0.436 e. The van der Waals surface area contributed by atoms with Crippen LogP contribution >= 0.6 is 11.3 Å². The Hall–Kier alpha value is -7.27. The number of hydrogen-bond acceptors (Lipinski definition) is 4. The predicted octanol–water partition coefficient (Wildman–Crippen LogP) is 15.5. The average molecular weight is 747 g/mol. The summed E-state index contributed by atoms with van der Waals surface area (Å²) in [5, 5.41) is 4.92. The minimum Gasteiger partial charge on any atom is -0.436 e. The van der Waals surface area contributed by atoms with Gasteiger partial charge in [-0.3, -0.25) is 0 Å². The van der Waals surface area contributed by atoms with Gasteiger partial charge in [0.1, 0.15) is 5.52 Å². The van der Waals surface area contributed by atoms with Crippen LogP contribution in [0.5, 0.6) is 0 Å². The monoisotopic (exact) mass is 746 g/mol. The third kappa shape index (κ3) is 5.86. The first kappa shape index (κ1) is 33.1. The van der Waals surface area contributed by atoms with Crippen LogP contribution in [0.25, 0.3) is 86.9 Å². The maximum absolute atomic E-state index is 6.28. The Morgan fingerprint density at radius 2 is 1.05 bits per heavy atom. The summed E-state index contributed by atoms with van der Waals surface area (Å²) in [4.78, 5) is 7.31. The van der Waals surface area contributed by atoms with Crippen LogP contribution in [0.1, 0.15) is 0 Å². The van der Waals surface area contributed by atoms with Crippen LogP contribution < -0.4 is 4.90 Å². The van der Waals surface area contributed by atoms with Crippen LogP contribution in [0.3, 0.4) is 0 Å². The second-order valence-electron chi connectivity index (χ2n) is 14.3. The highest BCUT2D eigenvalue weighted by Crippen LogP contribution is 2.46. The highest BCUT2D eigenvalue weighted by molar-refractivity contribution is 7.26. The zero-order valence-corrected chi connectivity index (χ0v) is 31.7. The molecule has 0 aliphatic heterocycles. The third-order valence-corrected chi connectivity index (χ3v) is 12.0. The van der Waals surface area contributed by atoms with Crippen molar-refractivity contribution in [3.8, 4) is 44.8 Å². The number of nitrogens with zero attached hydrogens (tertiary/aromatic N) is 2. The molecule has 0 amide bonds. The van der Waals surface area contributed by atoms with Crippen LogP contribution in [-0.4, -0.2) is 4.98 Å². The van der Waals surface area contributed by atoms with Gasteiger partial charge in [-0.1, -0.05) is 140 Å². The van der Waals surface area contributed by atoms with Gasteiger partial charge in [0.2, 0.25) is 5.89 Å². The normalized spacial score (nSPS) is 11.5.